The molecule has 0 fully saturated rings. The number of hydrogen-bond donors (Lipinski definition) is 1. The lowest BCUT2D eigenvalue weighted by molar-refractivity contribution is -0.144. The lowest BCUT2D eigenvalue weighted by atomic mass is 10.2. The lowest BCUT2D eigenvalue weighted by Crippen LogP contribution is -2.30. The summed E-state index contributed by atoms with van der Waals surface area (Å²) in [5, 5.41) is 0. The summed E-state index contributed by atoms with van der Waals surface area (Å²) in [5.74, 6) is 0. The third kappa shape index (κ3) is 4.69. The molecule has 84 valence electrons. The molecule has 15 heavy (non-hydrogen) atoms. The molecule has 0 saturated carbocycles. The van der Waals surface area contributed by atoms with Crippen LogP contribution in [0, 0.1) is 0 Å². The third-order valence-electron chi connectivity index (χ3n) is 1.88. The highest BCUT2D eigenvalue weighted by Crippen LogP contribution is 2.17. The van der Waals surface area contributed by atoms with Crippen molar-refractivity contribution in [2.75, 3.05) is 19.3 Å². The van der Waals surface area contributed by atoms with Gasteiger partial charge in [-0.15, -0.1) is 0 Å². The van der Waals surface area contributed by atoms with Gasteiger partial charge in [-0.2, -0.15) is 13.2 Å². The van der Waals surface area contributed by atoms with Gasteiger partial charge in [0.1, 0.15) is 0 Å². The summed E-state index contributed by atoms with van der Waals surface area (Å²) in [5.41, 5.74) is 6.89. The second kappa shape index (κ2) is 4.53. The van der Waals surface area contributed by atoms with E-state index in [2.05, 4.69) is 0 Å². The van der Waals surface area contributed by atoms with Crippen molar-refractivity contribution in [1.82, 2.24) is 4.90 Å². The normalized spacial score (nSPS) is 12.1. The number of rotatable bonds is 3. The Kier molecular flexibility index (Phi) is 3.57. The Morgan fingerprint density at radius 3 is 2.20 bits per heavy atom. The minimum absolute atomic E-state index is 0.264. The van der Waals surface area contributed by atoms with Crippen molar-refractivity contribution in [1.29, 1.82) is 0 Å². The molecule has 2 nitrogen and oxygen atoms in total. The van der Waals surface area contributed by atoms with Crippen LogP contribution in [0.4, 0.5) is 18.9 Å². The van der Waals surface area contributed by atoms with Crippen LogP contribution >= 0.6 is 0 Å². The van der Waals surface area contributed by atoms with Crippen LogP contribution in [0.1, 0.15) is 5.56 Å². The molecule has 1 aromatic rings. The van der Waals surface area contributed by atoms with Gasteiger partial charge >= 0.3 is 6.18 Å². The van der Waals surface area contributed by atoms with Gasteiger partial charge in [-0.1, -0.05) is 12.1 Å². The van der Waals surface area contributed by atoms with Crippen LogP contribution in [0.25, 0.3) is 0 Å². The Morgan fingerprint density at radius 1 is 1.20 bits per heavy atom. The first-order valence-electron chi connectivity index (χ1n) is 4.46. The molecule has 0 radical (unpaired) electrons. The van der Waals surface area contributed by atoms with Gasteiger partial charge in [0.25, 0.3) is 0 Å². The summed E-state index contributed by atoms with van der Waals surface area (Å²) >= 11 is 0. The average Bonchev–Trinajstić information content (AvgIpc) is 2.05. The molecule has 5 heteroatoms. The van der Waals surface area contributed by atoms with E-state index in [1.807, 2.05) is 0 Å². The van der Waals surface area contributed by atoms with Crippen molar-refractivity contribution >= 4 is 5.69 Å². The fourth-order valence-corrected chi connectivity index (χ4v) is 1.30. The van der Waals surface area contributed by atoms with Crippen LogP contribution in [0.15, 0.2) is 24.3 Å². The molecule has 0 amide bonds. The molecule has 0 unspecified atom stereocenters. The number of benzene rings is 1. The zero-order valence-corrected chi connectivity index (χ0v) is 8.38. The maximum absolute atomic E-state index is 12.0. The molecule has 0 bridgehead atoms. The quantitative estimate of drug-likeness (QED) is 0.788. The molecule has 1 aromatic carbocycles. The molecule has 0 spiro atoms. The number of anilines is 1. The van der Waals surface area contributed by atoms with Crippen molar-refractivity contribution in [3.63, 3.8) is 0 Å². The molecule has 0 aliphatic heterocycles. The minimum atomic E-state index is -4.15. The van der Waals surface area contributed by atoms with Crippen LogP contribution in [-0.2, 0) is 6.54 Å². The zero-order valence-electron chi connectivity index (χ0n) is 8.38. The highest BCUT2D eigenvalue weighted by molar-refractivity contribution is 5.39. The third-order valence-corrected chi connectivity index (χ3v) is 1.88. The number of alkyl halides is 3. The van der Waals surface area contributed by atoms with E-state index in [9.17, 15) is 13.2 Å². The number of hydrogen-bond acceptors (Lipinski definition) is 2. The van der Waals surface area contributed by atoms with Crippen LogP contribution in [-0.4, -0.2) is 24.7 Å². The monoisotopic (exact) mass is 218 g/mol. The first kappa shape index (κ1) is 11.8. The molecule has 0 aliphatic rings. The topological polar surface area (TPSA) is 29.3 Å². The van der Waals surface area contributed by atoms with Crippen molar-refractivity contribution in [2.24, 2.45) is 0 Å². The summed E-state index contributed by atoms with van der Waals surface area (Å²) in [6, 6.07) is 6.80. The van der Waals surface area contributed by atoms with Crippen LogP contribution < -0.4 is 5.73 Å². The first-order chi connectivity index (χ1) is 6.87. The predicted octanol–water partition coefficient (Wildman–Crippen LogP) is 2.26. The van der Waals surface area contributed by atoms with Crippen molar-refractivity contribution < 1.29 is 13.2 Å². The Bertz CT molecular complexity index is 305. The second-order valence-electron chi connectivity index (χ2n) is 3.53. The second-order valence-corrected chi connectivity index (χ2v) is 3.53. The van der Waals surface area contributed by atoms with E-state index in [1.165, 1.54) is 11.9 Å². The summed E-state index contributed by atoms with van der Waals surface area (Å²) in [6.07, 6.45) is -4.15. The predicted molar refractivity (Wildman–Crippen MR) is 53.2 cm³/mol. The molecule has 0 heterocycles. The van der Waals surface area contributed by atoms with Gasteiger partial charge in [-0.05, 0) is 24.7 Å². The molecule has 0 aromatic heterocycles. The first-order valence-corrected chi connectivity index (χ1v) is 4.46. The van der Waals surface area contributed by atoms with Gasteiger partial charge in [0.15, 0.2) is 0 Å². The highest BCUT2D eigenvalue weighted by Gasteiger charge is 2.28. The molecule has 2 N–H and O–H groups in total. The lowest BCUT2D eigenvalue weighted by Gasteiger charge is -2.18. The molecule has 0 atom stereocenters. The standard InChI is InChI=1S/C10H13F3N2/c1-15(7-10(11,12)13)6-8-2-4-9(14)5-3-8/h2-5H,6-7,14H2,1H3. The van der Waals surface area contributed by atoms with Gasteiger partial charge in [-0.25, -0.2) is 0 Å². The van der Waals surface area contributed by atoms with Gasteiger partial charge in [0.05, 0.1) is 6.54 Å². The highest BCUT2D eigenvalue weighted by atomic mass is 19.4. The summed E-state index contributed by atoms with van der Waals surface area (Å²) in [6.45, 7) is -0.642. The van der Waals surface area contributed by atoms with Gasteiger partial charge in [-0.3, -0.25) is 4.90 Å². The molecular weight excluding hydrogens is 205 g/mol. The van der Waals surface area contributed by atoms with Gasteiger partial charge in [0, 0.05) is 12.2 Å². The maximum atomic E-state index is 12.0. The number of halogens is 3. The summed E-state index contributed by atoms with van der Waals surface area (Å²) < 4.78 is 36.0. The smallest absolute Gasteiger partial charge is 0.399 e. The molecule has 1 rings (SSSR count). The van der Waals surface area contributed by atoms with E-state index in [4.69, 9.17) is 5.73 Å². The van der Waals surface area contributed by atoms with Crippen LogP contribution in [0.5, 0.6) is 0 Å². The average molecular weight is 218 g/mol. The number of nitrogens with two attached hydrogens (primary N) is 1. The van der Waals surface area contributed by atoms with E-state index in [-0.39, 0.29) is 6.54 Å². The molecular formula is C10H13F3N2. The minimum Gasteiger partial charge on any atom is -0.399 e. The Morgan fingerprint density at radius 2 is 1.73 bits per heavy atom. The van der Waals surface area contributed by atoms with Crippen LogP contribution in [0.2, 0.25) is 0 Å². The molecule has 0 saturated heterocycles. The fraction of sp³-hybridized carbons (Fsp3) is 0.400. The summed E-state index contributed by atoms with van der Waals surface area (Å²) in [7, 11) is 1.43. The maximum Gasteiger partial charge on any atom is 0.401 e. The number of nitrogen functional groups attached to an aromatic ring is 1. The Hall–Kier alpha value is -1.23. The number of nitrogens with zero attached hydrogens (tertiary/aromatic N) is 1. The Labute approximate surface area is 86.5 Å². The van der Waals surface area contributed by atoms with Gasteiger partial charge in [0.2, 0.25) is 0 Å². The van der Waals surface area contributed by atoms with Gasteiger partial charge < -0.3 is 5.73 Å². The summed E-state index contributed by atoms with van der Waals surface area (Å²) in [4.78, 5) is 1.21. The largest absolute Gasteiger partial charge is 0.401 e. The van der Waals surface area contributed by atoms with E-state index in [1.54, 1.807) is 24.3 Å². The van der Waals surface area contributed by atoms with E-state index in [0.29, 0.717) is 5.69 Å². The molecule has 0 aliphatic carbocycles. The zero-order chi connectivity index (χ0) is 11.5. The fourth-order valence-electron chi connectivity index (χ4n) is 1.30. The van der Waals surface area contributed by atoms with Crippen LogP contribution in [0.3, 0.4) is 0 Å². The van der Waals surface area contributed by atoms with E-state index < -0.39 is 12.7 Å². The van der Waals surface area contributed by atoms with E-state index >= 15 is 0 Å². The van der Waals surface area contributed by atoms with Crippen molar-refractivity contribution in [2.45, 2.75) is 12.7 Å². The van der Waals surface area contributed by atoms with Crippen molar-refractivity contribution in [3.05, 3.63) is 29.8 Å². The van der Waals surface area contributed by atoms with Crippen molar-refractivity contribution in [3.8, 4) is 0 Å². The Balaban J connectivity index is 2.51. The van der Waals surface area contributed by atoms with E-state index in [0.717, 1.165) is 5.56 Å². The SMILES string of the molecule is CN(Cc1ccc(N)cc1)CC(F)(F)F.